The molecule has 1 fully saturated rings. The molecule has 0 spiro atoms. The highest BCUT2D eigenvalue weighted by molar-refractivity contribution is 8.00. The first kappa shape index (κ1) is 15.9. The van der Waals surface area contributed by atoms with Crippen LogP contribution in [0.2, 0.25) is 0 Å². The zero-order valence-corrected chi connectivity index (χ0v) is 14.0. The highest BCUT2D eigenvalue weighted by atomic mass is 32.2. The van der Waals surface area contributed by atoms with E-state index < -0.39 is 6.03 Å². The minimum absolute atomic E-state index is 0.0373. The lowest BCUT2D eigenvalue weighted by Crippen LogP contribution is -2.43. The summed E-state index contributed by atoms with van der Waals surface area (Å²) in [7, 11) is 1.56. The number of urea groups is 1. The molecule has 0 bridgehead atoms. The molecular weight excluding hydrogens is 314 g/mol. The van der Waals surface area contributed by atoms with Crippen LogP contribution in [0, 0.1) is 0 Å². The van der Waals surface area contributed by atoms with Gasteiger partial charge in [-0.05, 0) is 18.6 Å². The maximum Gasteiger partial charge on any atom is 0.327 e. The van der Waals surface area contributed by atoms with E-state index in [0.717, 1.165) is 21.9 Å². The lowest BCUT2D eigenvalue weighted by molar-refractivity contribution is -0.129. The molecule has 23 heavy (non-hydrogen) atoms. The Kier molecular flexibility index (Phi) is 4.30. The number of nitrogens with zero attached hydrogens (tertiary/aromatic N) is 3. The zero-order valence-electron chi connectivity index (χ0n) is 13.2. The lowest BCUT2D eigenvalue weighted by atomic mass is 10.2. The molecule has 2 aliphatic rings. The first-order valence-electron chi connectivity index (χ1n) is 7.59. The number of imide groups is 1. The SMILES string of the molecule is C[C@H]1CCN(C(=O)CN2C(=O)CN(C)C2=O)c2ccccc2S1. The van der Waals surface area contributed by atoms with Gasteiger partial charge in [0, 0.05) is 23.7 Å². The molecule has 0 radical (unpaired) electrons. The topological polar surface area (TPSA) is 60.9 Å². The minimum Gasteiger partial charge on any atom is -0.318 e. The third-order valence-electron chi connectivity index (χ3n) is 4.07. The standard InChI is InChI=1S/C16H19N3O3S/c1-11-7-8-18(12-5-3-4-6-13(12)23-11)15(21)10-19-14(20)9-17(2)16(19)22/h3-6,11H,7-10H2,1-2H3/t11-/m0/s1. The number of benzene rings is 1. The minimum atomic E-state index is -0.408. The van der Waals surface area contributed by atoms with Crippen molar-refractivity contribution in [2.24, 2.45) is 0 Å². The maximum absolute atomic E-state index is 12.7. The summed E-state index contributed by atoms with van der Waals surface area (Å²) >= 11 is 1.75. The van der Waals surface area contributed by atoms with Crippen LogP contribution in [0.4, 0.5) is 10.5 Å². The second kappa shape index (κ2) is 6.23. The Morgan fingerprint density at radius 3 is 2.74 bits per heavy atom. The number of hydrogen-bond acceptors (Lipinski definition) is 4. The Labute approximate surface area is 139 Å². The average molecular weight is 333 g/mol. The van der Waals surface area contributed by atoms with E-state index in [1.165, 1.54) is 4.90 Å². The first-order valence-corrected chi connectivity index (χ1v) is 8.47. The number of anilines is 1. The van der Waals surface area contributed by atoms with E-state index in [9.17, 15) is 14.4 Å². The highest BCUT2D eigenvalue weighted by Gasteiger charge is 2.36. The van der Waals surface area contributed by atoms with Crippen LogP contribution in [0.15, 0.2) is 29.2 Å². The summed E-state index contributed by atoms with van der Waals surface area (Å²) in [6, 6.07) is 7.36. The van der Waals surface area contributed by atoms with Gasteiger partial charge in [-0.1, -0.05) is 19.1 Å². The molecule has 1 aromatic carbocycles. The van der Waals surface area contributed by atoms with E-state index in [4.69, 9.17) is 0 Å². The van der Waals surface area contributed by atoms with Gasteiger partial charge in [-0.25, -0.2) is 4.79 Å². The molecule has 4 amide bonds. The van der Waals surface area contributed by atoms with Crippen LogP contribution in [-0.4, -0.2) is 59.6 Å². The number of likely N-dealkylation sites (N-methyl/N-ethyl adjacent to an activating group) is 1. The molecule has 3 rings (SSSR count). The highest BCUT2D eigenvalue weighted by Crippen LogP contribution is 2.37. The Bertz CT molecular complexity index is 664. The molecule has 1 saturated heterocycles. The van der Waals surface area contributed by atoms with Crippen molar-refractivity contribution in [3.05, 3.63) is 24.3 Å². The van der Waals surface area contributed by atoms with Gasteiger partial charge in [0.05, 0.1) is 5.69 Å². The monoisotopic (exact) mass is 333 g/mol. The fourth-order valence-corrected chi connectivity index (χ4v) is 3.90. The van der Waals surface area contributed by atoms with Crippen LogP contribution in [0.5, 0.6) is 0 Å². The molecule has 0 aromatic heterocycles. The third kappa shape index (κ3) is 3.06. The van der Waals surface area contributed by atoms with Crippen LogP contribution >= 0.6 is 11.8 Å². The van der Waals surface area contributed by atoms with E-state index in [-0.39, 0.29) is 24.9 Å². The fraction of sp³-hybridized carbons (Fsp3) is 0.438. The Morgan fingerprint density at radius 1 is 1.30 bits per heavy atom. The molecule has 0 unspecified atom stereocenters. The van der Waals surface area contributed by atoms with Crippen molar-refractivity contribution in [3.63, 3.8) is 0 Å². The molecule has 7 heteroatoms. The normalized spacial score (nSPS) is 21.5. The van der Waals surface area contributed by atoms with Crippen molar-refractivity contribution in [2.45, 2.75) is 23.5 Å². The van der Waals surface area contributed by atoms with Crippen molar-refractivity contribution in [1.82, 2.24) is 9.80 Å². The molecule has 122 valence electrons. The van der Waals surface area contributed by atoms with Gasteiger partial charge in [0.2, 0.25) is 5.91 Å². The van der Waals surface area contributed by atoms with Gasteiger partial charge in [0.15, 0.2) is 0 Å². The van der Waals surface area contributed by atoms with Gasteiger partial charge in [0.1, 0.15) is 13.1 Å². The molecule has 1 aromatic rings. The van der Waals surface area contributed by atoms with Gasteiger partial charge in [0.25, 0.3) is 5.91 Å². The van der Waals surface area contributed by atoms with Gasteiger partial charge < -0.3 is 9.80 Å². The molecule has 6 nitrogen and oxygen atoms in total. The molecule has 2 aliphatic heterocycles. The number of carbonyl (C=O) groups is 3. The van der Waals surface area contributed by atoms with Crippen LogP contribution in [0.25, 0.3) is 0 Å². The number of thioether (sulfide) groups is 1. The third-order valence-corrected chi connectivity index (χ3v) is 5.31. The number of rotatable bonds is 2. The number of hydrogen-bond donors (Lipinski definition) is 0. The Morgan fingerprint density at radius 2 is 2.04 bits per heavy atom. The maximum atomic E-state index is 12.7. The van der Waals surface area contributed by atoms with Crippen molar-refractivity contribution in [1.29, 1.82) is 0 Å². The van der Waals surface area contributed by atoms with E-state index in [1.807, 2.05) is 24.3 Å². The second-order valence-electron chi connectivity index (χ2n) is 5.85. The first-order chi connectivity index (χ1) is 11.0. The van der Waals surface area contributed by atoms with E-state index in [0.29, 0.717) is 11.8 Å². The summed E-state index contributed by atoms with van der Waals surface area (Å²) in [5.74, 6) is -0.541. The van der Waals surface area contributed by atoms with Gasteiger partial charge in [-0.15, -0.1) is 11.8 Å². The average Bonchev–Trinajstić information content (AvgIpc) is 2.68. The van der Waals surface area contributed by atoms with Crippen LogP contribution in [0.1, 0.15) is 13.3 Å². The predicted molar refractivity (Wildman–Crippen MR) is 88.5 cm³/mol. The van der Waals surface area contributed by atoms with E-state index in [2.05, 4.69) is 6.92 Å². The summed E-state index contributed by atoms with van der Waals surface area (Å²) in [6.07, 6.45) is 0.868. The van der Waals surface area contributed by atoms with Gasteiger partial charge in [-0.3, -0.25) is 14.5 Å². The number of para-hydroxylation sites is 1. The Hall–Kier alpha value is -2.02. The smallest absolute Gasteiger partial charge is 0.318 e. The molecule has 0 N–H and O–H groups in total. The van der Waals surface area contributed by atoms with Crippen molar-refractivity contribution in [2.75, 3.05) is 31.6 Å². The fourth-order valence-electron chi connectivity index (χ4n) is 2.79. The molecule has 0 saturated carbocycles. The predicted octanol–water partition coefficient (Wildman–Crippen LogP) is 1.80. The quantitative estimate of drug-likeness (QED) is 0.774. The summed E-state index contributed by atoms with van der Waals surface area (Å²) < 4.78 is 0. The van der Waals surface area contributed by atoms with Crippen LogP contribution in [0.3, 0.4) is 0 Å². The van der Waals surface area contributed by atoms with Crippen LogP contribution < -0.4 is 4.90 Å². The summed E-state index contributed by atoms with van der Waals surface area (Å²) in [5, 5.41) is 0.412. The van der Waals surface area contributed by atoms with Crippen molar-refractivity contribution >= 4 is 35.3 Å². The largest absolute Gasteiger partial charge is 0.327 e. The molecule has 1 atom stereocenters. The lowest BCUT2D eigenvalue weighted by Gasteiger charge is -2.24. The Balaban J connectivity index is 1.82. The molecule has 2 heterocycles. The second-order valence-corrected chi connectivity index (χ2v) is 7.33. The van der Waals surface area contributed by atoms with Gasteiger partial charge >= 0.3 is 6.03 Å². The van der Waals surface area contributed by atoms with Gasteiger partial charge in [-0.2, -0.15) is 0 Å². The van der Waals surface area contributed by atoms with Crippen molar-refractivity contribution in [3.8, 4) is 0 Å². The zero-order chi connectivity index (χ0) is 16.6. The van der Waals surface area contributed by atoms with Crippen LogP contribution in [-0.2, 0) is 9.59 Å². The summed E-state index contributed by atoms with van der Waals surface area (Å²) in [6.45, 7) is 2.57. The summed E-state index contributed by atoms with van der Waals surface area (Å²) in [5.41, 5.74) is 0.860. The number of amides is 4. The van der Waals surface area contributed by atoms with Crippen molar-refractivity contribution < 1.29 is 14.4 Å². The molecule has 0 aliphatic carbocycles. The molecular formula is C16H19N3O3S. The van der Waals surface area contributed by atoms with E-state index >= 15 is 0 Å². The van der Waals surface area contributed by atoms with E-state index in [1.54, 1.807) is 23.7 Å². The number of carbonyl (C=O) groups excluding carboxylic acids is 3. The summed E-state index contributed by atoms with van der Waals surface area (Å²) in [4.78, 5) is 41.7. The number of fused-ring (bicyclic) bond motifs is 1.